The molecular formula is C14H12F2N2O2. The molecule has 0 aromatic heterocycles. The molecule has 1 aliphatic rings. The van der Waals surface area contributed by atoms with Gasteiger partial charge in [-0.2, -0.15) is 0 Å². The number of benzene rings is 2. The van der Waals surface area contributed by atoms with Crippen LogP contribution in [-0.4, -0.2) is 13.2 Å². The third-order valence-electron chi connectivity index (χ3n) is 2.91. The second-order valence-corrected chi connectivity index (χ2v) is 4.34. The van der Waals surface area contributed by atoms with Crippen molar-refractivity contribution in [1.82, 2.24) is 0 Å². The van der Waals surface area contributed by atoms with E-state index in [2.05, 4.69) is 5.32 Å². The summed E-state index contributed by atoms with van der Waals surface area (Å²) in [5, 5.41) is 2.92. The Bertz CT molecular complexity index is 662. The van der Waals surface area contributed by atoms with Crippen LogP contribution in [0.3, 0.4) is 0 Å². The topological polar surface area (TPSA) is 56.5 Å². The molecule has 1 aliphatic heterocycles. The second-order valence-electron chi connectivity index (χ2n) is 4.34. The maximum absolute atomic E-state index is 13.2. The molecule has 0 unspecified atom stereocenters. The molecule has 104 valence electrons. The maximum atomic E-state index is 13.2. The average molecular weight is 278 g/mol. The monoisotopic (exact) mass is 278 g/mol. The minimum atomic E-state index is -0.925. The Hall–Kier alpha value is -2.50. The van der Waals surface area contributed by atoms with Gasteiger partial charge < -0.3 is 20.5 Å². The minimum absolute atomic E-state index is 0.396. The van der Waals surface area contributed by atoms with E-state index < -0.39 is 11.6 Å². The number of nitrogens with one attached hydrogen (secondary N) is 1. The molecule has 20 heavy (non-hydrogen) atoms. The Labute approximate surface area is 114 Å². The fourth-order valence-electron chi connectivity index (χ4n) is 1.94. The summed E-state index contributed by atoms with van der Waals surface area (Å²) < 4.78 is 36.9. The number of ether oxygens (including phenoxy) is 2. The summed E-state index contributed by atoms with van der Waals surface area (Å²) >= 11 is 0. The van der Waals surface area contributed by atoms with Crippen LogP contribution in [0.5, 0.6) is 11.5 Å². The summed E-state index contributed by atoms with van der Waals surface area (Å²) in [4.78, 5) is 0. The fraction of sp³-hybridized carbons (Fsp3) is 0.143. The van der Waals surface area contributed by atoms with E-state index in [1.807, 2.05) is 0 Å². The molecule has 1 heterocycles. The maximum Gasteiger partial charge on any atom is 0.163 e. The van der Waals surface area contributed by atoms with Gasteiger partial charge in [-0.15, -0.1) is 0 Å². The molecule has 0 spiro atoms. The Morgan fingerprint density at radius 1 is 0.950 bits per heavy atom. The van der Waals surface area contributed by atoms with E-state index in [4.69, 9.17) is 15.2 Å². The second kappa shape index (κ2) is 4.88. The number of rotatable bonds is 2. The average Bonchev–Trinajstić information content (AvgIpc) is 2.44. The number of anilines is 3. The molecule has 0 radical (unpaired) electrons. The molecule has 0 amide bonds. The molecule has 0 saturated heterocycles. The summed E-state index contributed by atoms with van der Waals surface area (Å²) in [6, 6.07) is 6.84. The van der Waals surface area contributed by atoms with E-state index in [9.17, 15) is 8.78 Å². The zero-order valence-electron chi connectivity index (χ0n) is 10.5. The molecule has 0 aliphatic carbocycles. The Kier molecular flexibility index (Phi) is 3.06. The first kappa shape index (κ1) is 12.5. The van der Waals surface area contributed by atoms with Crippen LogP contribution in [0.25, 0.3) is 0 Å². The molecule has 2 aromatic rings. The van der Waals surface area contributed by atoms with Crippen LogP contribution in [-0.2, 0) is 0 Å². The van der Waals surface area contributed by atoms with Gasteiger partial charge in [0.25, 0.3) is 0 Å². The first-order valence-electron chi connectivity index (χ1n) is 6.04. The van der Waals surface area contributed by atoms with Gasteiger partial charge in [-0.1, -0.05) is 0 Å². The van der Waals surface area contributed by atoms with E-state index in [1.165, 1.54) is 6.07 Å². The van der Waals surface area contributed by atoms with Crippen molar-refractivity contribution < 1.29 is 18.3 Å². The van der Waals surface area contributed by atoms with Crippen molar-refractivity contribution in [3.63, 3.8) is 0 Å². The third-order valence-corrected chi connectivity index (χ3v) is 2.91. The highest BCUT2D eigenvalue weighted by Gasteiger charge is 2.15. The molecule has 0 saturated carbocycles. The van der Waals surface area contributed by atoms with Gasteiger partial charge in [-0.05, 0) is 12.1 Å². The van der Waals surface area contributed by atoms with E-state index in [0.29, 0.717) is 41.8 Å². The molecular weight excluding hydrogens is 266 g/mol. The quantitative estimate of drug-likeness (QED) is 0.829. The SMILES string of the molecule is Nc1cc2c(cc1Nc1ccc(F)c(F)c1)OCCO2. The van der Waals surface area contributed by atoms with E-state index in [1.54, 1.807) is 12.1 Å². The molecule has 0 bridgehead atoms. The van der Waals surface area contributed by atoms with Crippen molar-refractivity contribution in [2.75, 3.05) is 24.3 Å². The predicted molar refractivity (Wildman–Crippen MR) is 71.5 cm³/mol. The lowest BCUT2D eigenvalue weighted by molar-refractivity contribution is 0.172. The summed E-state index contributed by atoms with van der Waals surface area (Å²) in [7, 11) is 0. The first-order valence-corrected chi connectivity index (χ1v) is 6.04. The van der Waals surface area contributed by atoms with Crippen molar-refractivity contribution in [3.05, 3.63) is 42.0 Å². The fourth-order valence-corrected chi connectivity index (χ4v) is 1.94. The first-order chi connectivity index (χ1) is 9.63. The van der Waals surface area contributed by atoms with Crippen LogP contribution in [0.2, 0.25) is 0 Å². The van der Waals surface area contributed by atoms with Gasteiger partial charge in [0.2, 0.25) is 0 Å². The summed E-state index contributed by atoms with van der Waals surface area (Å²) in [5.41, 5.74) is 7.26. The molecule has 3 rings (SSSR count). The van der Waals surface area contributed by atoms with Crippen LogP contribution in [0.15, 0.2) is 30.3 Å². The van der Waals surface area contributed by atoms with E-state index in [-0.39, 0.29) is 0 Å². The largest absolute Gasteiger partial charge is 0.486 e. The van der Waals surface area contributed by atoms with Crippen molar-refractivity contribution in [1.29, 1.82) is 0 Å². The Balaban J connectivity index is 1.92. The van der Waals surface area contributed by atoms with E-state index >= 15 is 0 Å². The lowest BCUT2D eigenvalue weighted by Crippen LogP contribution is -2.15. The number of hydrogen-bond acceptors (Lipinski definition) is 4. The highest BCUT2D eigenvalue weighted by atomic mass is 19.2. The predicted octanol–water partition coefficient (Wildman–Crippen LogP) is 3.06. The van der Waals surface area contributed by atoms with E-state index in [0.717, 1.165) is 12.1 Å². The van der Waals surface area contributed by atoms with Gasteiger partial charge >= 0.3 is 0 Å². The van der Waals surface area contributed by atoms with Gasteiger partial charge in [0, 0.05) is 23.9 Å². The van der Waals surface area contributed by atoms with Gasteiger partial charge in [0.05, 0.1) is 11.4 Å². The van der Waals surface area contributed by atoms with Crippen molar-refractivity contribution in [2.24, 2.45) is 0 Å². The highest BCUT2D eigenvalue weighted by Crippen LogP contribution is 2.38. The van der Waals surface area contributed by atoms with Crippen molar-refractivity contribution in [3.8, 4) is 11.5 Å². The highest BCUT2D eigenvalue weighted by molar-refractivity contribution is 5.76. The number of nitrogens with two attached hydrogens (primary N) is 1. The summed E-state index contributed by atoms with van der Waals surface area (Å²) in [5.74, 6) is -0.683. The van der Waals surface area contributed by atoms with Gasteiger partial charge in [0.1, 0.15) is 13.2 Å². The van der Waals surface area contributed by atoms with Gasteiger partial charge in [0.15, 0.2) is 23.1 Å². The smallest absolute Gasteiger partial charge is 0.163 e. The number of nitrogen functional groups attached to an aromatic ring is 1. The summed E-state index contributed by atoms with van der Waals surface area (Å²) in [6.45, 7) is 0.934. The lowest BCUT2D eigenvalue weighted by atomic mass is 10.2. The Morgan fingerprint density at radius 3 is 2.35 bits per heavy atom. The molecule has 3 N–H and O–H groups in total. The Morgan fingerprint density at radius 2 is 1.65 bits per heavy atom. The third kappa shape index (κ3) is 2.32. The zero-order valence-corrected chi connectivity index (χ0v) is 10.5. The number of fused-ring (bicyclic) bond motifs is 1. The zero-order chi connectivity index (χ0) is 14.1. The van der Waals surface area contributed by atoms with Crippen LogP contribution in [0, 0.1) is 11.6 Å². The van der Waals surface area contributed by atoms with Crippen LogP contribution in [0.4, 0.5) is 25.8 Å². The normalized spacial score (nSPS) is 13.1. The number of hydrogen-bond donors (Lipinski definition) is 2. The lowest BCUT2D eigenvalue weighted by Gasteiger charge is -2.20. The van der Waals surface area contributed by atoms with Crippen LogP contribution >= 0.6 is 0 Å². The van der Waals surface area contributed by atoms with Crippen molar-refractivity contribution in [2.45, 2.75) is 0 Å². The molecule has 0 atom stereocenters. The van der Waals surface area contributed by atoms with Gasteiger partial charge in [-0.25, -0.2) is 8.78 Å². The molecule has 4 nitrogen and oxygen atoms in total. The molecule has 6 heteroatoms. The standard InChI is InChI=1S/C14H12F2N2O2/c15-9-2-1-8(5-10(9)16)18-12-7-14-13(6-11(12)17)19-3-4-20-14/h1-2,5-7,18H,3-4,17H2. The van der Waals surface area contributed by atoms with Crippen LogP contribution in [0.1, 0.15) is 0 Å². The van der Waals surface area contributed by atoms with Crippen LogP contribution < -0.4 is 20.5 Å². The molecule has 2 aromatic carbocycles. The minimum Gasteiger partial charge on any atom is -0.486 e. The summed E-state index contributed by atoms with van der Waals surface area (Å²) in [6.07, 6.45) is 0. The van der Waals surface area contributed by atoms with Gasteiger partial charge in [-0.3, -0.25) is 0 Å². The number of halogens is 2. The van der Waals surface area contributed by atoms with Crippen molar-refractivity contribution >= 4 is 17.1 Å². The molecule has 0 fully saturated rings.